The van der Waals surface area contributed by atoms with Crippen LogP contribution in [0.3, 0.4) is 0 Å². The summed E-state index contributed by atoms with van der Waals surface area (Å²) in [6, 6.07) is 13.2. The molecule has 0 radical (unpaired) electrons. The van der Waals surface area contributed by atoms with E-state index in [0.29, 0.717) is 0 Å². The van der Waals surface area contributed by atoms with Gasteiger partial charge in [0.2, 0.25) is 10.0 Å². The topological polar surface area (TPSA) is 72.2 Å². The largest absolute Gasteiger partial charge is 0.323 e. The zero-order valence-corrected chi connectivity index (χ0v) is 13.3. The molecule has 0 saturated heterocycles. The van der Waals surface area contributed by atoms with E-state index in [1.165, 1.54) is 18.2 Å². The van der Waals surface area contributed by atoms with Gasteiger partial charge in [-0.05, 0) is 17.7 Å². The maximum atomic E-state index is 12.2. The van der Waals surface area contributed by atoms with Crippen molar-refractivity contribution in [3.63, 3.8) is 0 Å². The smallest absolute Gasteiger partial charge is 0.242 e. The van der Waals surface area contributed by atoms with Crippen molar-refractivity contribution in [1.82, 2.24) is 4.72 Å². The summed E-state index contributed by atoms with van der Waals surface area (Å²) in [7, 11) is -3.76. The van der Waals surface area contributed by atoms with Crippen molar-refractivity contribution in [2.75, 3.05) is 6.54 Å². The minimum atomic E-state index is -3.76. The first kappa shape index (κ1) is 16.3. The number of rotatable bonds is 5. The lowest BCUT2D eigenvalue weighted by Crippen LogP contribution is -2.32. The Balaban J connectivity index is 2.14. The van der Waals surface area contributed by atoms with Gasteiger partial charge in [0.15, 0.2) is 0 Å². The highest BCUT2D eigenvalue weighted by Crippen LogP contribution is 2.28. The first-order valence-corrected chi connectivity index (χ1v) is 8.40. The lowest BCUT2D eigenvalue weighted by atomic mass is 10.1. The molecule has 0 aliphatic heterocycles. The van der Waals surface area contributed by atoms with Crippen LogP contribution in [0, 0.1) is 0 Å². The number of sulfonamides is 1. The number of nitrogens with two attached hydrogens (primary N) is 1. The van der Waals surface area contributed by atoms with Gasteiger partial charge in [-0.3, -0.25) is 0 Å². The van der Waals surface area contributed by atoms with Crippen LogP contribution in [0.1, 0.15) is 11.6 Å². The molecule has 2 aromatic rings. The van der Waals surface area contributed by atoms with Gasteiger partial charge in [0.1, 0.15) is 4.90 Å². The van der Waals surface area contributed by atoms with Gasteiger partial charge < -0.3 is 5.73 Å². The van der Waals surface area contributed by atoms with Crippen molar-refractivity contribution in [2.24, 2.45) is 5.73 Å². The maximum absolute atomic E-state index is 12.2. The second-order valence-electron chi connectivity index (χ2n) is 4.42. The number of halogens is 2. The monoisotopic (exact) mass is 344 g/mol. The molecule has 1 unspecified atom stereocenters. The number of hydrogen-bond acceptors (Lipinski definition) is 3. The van der Waals surface area contributed by atoms with Gasteiger partial charge in [0.25, 0.3) is 0 Å². The normalized spacial score (nSPS) is 13.1. The summed E-state index contributed by atoms with van der Waals surface area (Å²) in [4.78, 5) is -0.0584. The fraction of sp³-hybridized carbons (Fsp3) is 0.143. The highest BCUT2D eigenvalue weighted by Gasteiger charge is 2.20. The summed E-state index contributed by atoms with van der Waals surface area (Å²) in [6.07, 6.45) is 0. The molecule has 4 nitrogen and oxygen atoms in total. The molecule has 0 saturated carbocycles. The van der Waals surface area contributed by atoms with E-state index in [1.807, 2.05) is 30.3 Å². The van der Waals surface area contributed by atoms with E-state index in [0.717, 1.165) is 5.56 Å². The van der Waals surface area contributed by atoms with Crippen LogP contribution in [0.15, 0.2) is 53.4 Å². The molecular formula is C14H14Cl2N2O2S. The van der Waals surface area contributed by atoms with E-state index < -0.39 is 16.1 Å². The van der Waals surface area contributed by atoms with E-state index in [1.54, 1.807) is 0 Å². The molecule has 3 N–H and O–H groups in total. The standard InChI is InChI=1S/C14H14Cl2N2O2S/c15-11-7-4-8-13(14(11)16)21(19,20)18-9-12(17)10-5-2-1-3-6-10/h1-8,12,18H,9,17H2. The van der Waals surface area contributed by atoms with Gasteiger partial charge in [-0.15, -0.1) is 0 Å². The predicted molar refractivity (Wildman–Crippen MR) is 85.0 cm³/mol. The molecular weight excluding hydrogens is 331 g/mol. The number of hydrogen-bond donors (Lipinski definition) is 2. The molecule has 7 heteroatoms. The molecule has 2 rings (SSSR count). The molecule has 0 heterocycles. The Morgan fingerprint density at radius 1 is 1.05 bits per heavy atom. The van der Waals surface area contributed by atoms with E-state index in [9.17, 15) is 8.42 Å². The van der Waals surface area contributed by atoms with E-state index in [-0.39, 0.29) is 21.5 Å². The van der Waals surface area contributed by atoms with Crippen molar-refractivity contribution in [3.05, 3.63) is 64.1 Å². The fourth-order valence-electron chi connectivity index (χ4n) is 1.79. The van der Waals surface area contributed by atoms with Crippen LogP contribution in [0.25, 0.3) is 0 Å². The lowest BCUT2D eigenvalue weighted by Gasteiger charge is -2.14. The van der Waals surface area contributed by atoms with Crippen LogP contribution < -0.4 is 10.5 Å². The zero-order valence-electron chi connectivity index (χ0n) is 11.0. The Morgan fingerprint density at radius 2 is 1.71 bits per heavy atom. The highest BCUT2D eigenvalue weighted by atomic mass is 35.5. The average Bonchev–Trinajstić information content (AvgIpc) is 2.48. The quantitative estimate of drug-likeness (QED) is 0.875. The second kappa shape index (κ2) is 6.77. The number of benzene rings is 2. The summed E-state index contributed by atoms with van der Waals surface area (Å²) in [6.45, 7) is 0.0647. The molecule has 0 spiro atoms. The third-order valence-electron chi connectivity index (χ3n) is 2.93. The molecule has 2 aromatic carbocycles. The molecule has 1 atom stereocenters. The van der Waals surface area contributed by atoms with E-state index >= 15 is 0 Å². The van der Waals surface area contributed by atoms with E-state index in [2.05, 4.69) is 4.72 Å². The summed E-state index contributed by atoms with van der Waals surface area (Å²) in [5.41, 5.74) is 6.81. The molecule has 21 heavy (non-hydrogen) atoms. The maximum Gasteiger partial charge on any atom is 0.242 e. The highest BCUT2D eigenvalue weighted by molar-refractivity contribution is 7.89. The summed E-state index contributed by atoms with van der Waals surface area (Å²) in [5.74, 6) is 0. The molecule has 0 aromatic heterocycles. The first-order chi connectivity index (χ1) is 9.92. The summed E-state index contributed by atoms with van der Waals surface area (Å²) in [5, 5.41) is 0.187. The van der Waals surface area contributed by atoms with Crippen LogP contribution in [-0.4, -0.2) is 15.0 Å². The molecule has 0 aliphatic carbocycles. The van der Waals surface area contributed by atoms with Crippen molar-refractivity contribution >= 4 is 33.2 Å². The Labute approximate surface area is 133 Å². The van der Waals surface area contributed by atoms with Crippen molar-refractivity contribution in [2.45, 2.75) is 10.9 Å². The Bertz CT molecular complexity index is 721. The van der Waals surface area contributed by atoms with Crippen LogP contribution in [0.4, 0.5) is 0 Å². The minimum absolute atomic E-state index is 0.0000470. The van der Waals surface area contributed by atoms with Crippen LogP contribution >= 0.6 is 23.2 Å². The summed E-state index contributed by atoms with van der Waals surface area (Å²) >= 11 is 11.8. The molecule has 0 bridgehead atoms. The molecule has 0 amide bonds. The minimum Gasteiger partial charge on any atom is -0.323 e. The van der Waals surface area contributed by atoms with Crippen molar-refractivity contribution < 1.29 is 8.42 Å². The van der Waals surface area contributed by atoms with Gasteiger partial charge in [-0.1, -0.05) is 59.6 Å². The Kier molecular flexibility index (Phi) is 5.24. The van der Waals surface area contributed by atoms with Crippen LogP contribution in [-0.2, 0) is 10.0 Å². The molecule has 0 aliphatic rings. The third kappa shape index (κ3) is 3.96. The lowest BCUT2D eigenvalue weighted by molar-refractivity contribution is 0.572. The van der Waals surface area contributed by atoms with Crippen LogP contribution in [0.5, 0.6) is 0 Å². The fourth-order valence-corrected chi connectivity index (χ4v) is 3.61. The second-order valence-corrected chi connectivity index (χ2v) is 6.94. The average molecular weight is 345 g/mol. The summed E-state index contributed by atoms with van der Waals surface area (Å²) < 4.78 is 26.9. The van der Waals surface area contributed by atoms with Gasteiger partial charge in [0.05, 0.1) is 10.0 Å². The first-order valence-electron chi connectivity index (χ1n) is 6.16. The van der Waals surface area contributed by atoms with E-state index in [4.69, 9.17) is 28.9 Å². The molecule has 112 valence electrons. The zero-order chi connectivity index (χ0) is 15.5. The number of nitrogens with one attached hydrogen (secondary N) is 1. The van der Waals surface area contributed by atoms with Gasteiger partial charge >= 0.3 is 0 Å². The Hall–Kier alpha value is -1.11. The Morgan fingerprint density at radius 3 is 2.38 bits per heavy atom. The van der Waals surface area contributed by atoms with Gasteiger partial charge in [-0.25, -0.2) is 13.1 Å². The van der Waals surface area contributed by atoms with Gasteiger partial charge in [0, 0.05) is 12.6 Å². The van der Waals surface area contributed by atoms with Crippen LogP contribution in [0.2, 0.25) is 10.0 Å². The SMILES string of the molecule is NC(CNS(=O)(=O)c1cccc(Cl)c1Cl)c1ccccc1. The third-order valence-corrected chi connectivity index (χ3v) is 5.32. The molecule has 0 fully saturated rings. The van der Waals surface area contributed by atoms with Gasteiger partial charge in [-0.2, -0.15) is 0 Å². The van der Waals surface area contributed by atoms with Crippen molar-refractivity contribution in [1.29, 1.82) is 0 Å². The van der Waals surface area contributed by atoms with Crippen molar-refractivity contribution in [3.8, 4) is 0 Å². The predicted octanol–water partition coefficient (Wildman–Crippen LogP) is 2.97.